The van der Waals surface area contributed by atoms with Gasteiger partial charge >= 0.3 is 0 Å². The molecular weight excluding hydrogens is 452 g/mol. The van der Waals surface area contributed by atoms with Crippen LogP contribution < -0.4 is 5.32 Å². The summed E-state index contributed by atoms with van der Waals surface area (Å²) in [6, 6.07) is 43.3. The van der Waals surface area contributed by atoms with Crippen molar-refractivity contribution in [1.82, 2.24) is 10.2 Å². The number of carbonyl (C=O) groups excluding carboxylic acids is 1. The molecule has 0 atom stereocenters. The van der Waals surface area contributed by atoms with E-state index in [0.29, 0.717) is 0 Å². The van der Waals surface area contributed by atoms with Crippen LogP contribution in [-0.2, 0) is 15.9 Å². The Kier molecular flexibility index (Phi) is 6.40. The number of nitrogens with one attached hydrogen (secondary N) is 1. The van der Waals surface area contributed by atoms with E-state index in [1.54, 1.807) is 0 Å². The average molecular weight is 487 g/mol. The second-order valence-electron chi connectivity index (χ2n) is 10.5. The van der Waals surface area contributed by atoms with E-state index in [1.807, 2.05) is 0 Å². The maximum absolute atomic E-state index is 13.1. The largest absolute Gasteiger partial charge is 0.346 e. The summed E-state index contributed by atoms with van der Waals surface area (Å²) in [5.74, 6) is 0.411. The molecule has 1 saturated carbocycles. The van der Waals surface area contributed by atoms with Crippen LogP contribution in [0.25, 0.3) is 0 Å². The molecular formula is C34H34N2O. The van der Waals surface area contributed by atoms with Gasteiger partial charge in [-0.2, -0.15) is 0 Å². The van der Waals surface area contributed by atoms with Crippen LogP contribution in [0, 0.1) is 5.92 Å². The van der Waals surface area contributed by atoms with Crippen LogP contribution in [0.4, 0.5) is 0 Å². The highest BCUT2D eigenvalue weighted by molar-refractivity contribution is 5.81. The summed E-state index contributed by atoms with van der Waals surface area (Å²) < 4.78 is 0. The summed E-state index contributed by atoms with van der Waals surface area (Å²) in [6.07, 6.45) is 3.76. The number of rotatable bonds is 7. The van der Waals surface area contributed by atoms with Crippen molar-refractivity contribution in [3.8, 4) is 0 Å². The zero-order valence-corrected chi connectivity index (χ0v) is 21.2. The van der Waals surface area contributed by atoms with Gasteiger partial charge in [-0.15, -0.1) is 0 Å². The second-order valence-corrected chi connectivity index (χ2v) is 10.5. The Labute approximate surface area is 220 Å². The first-order chi connectivity index (χ1) is 18.2. The summed E-state index contributed by atoms with van der Waals surface area (Å²) in [6.45, 7) is 1.72. The van der Waals surface area contributed by atoms with E-state index in [9.17, 15) is 4.79 Å². The third kappa shape index (κ3) is 4.38. The number of carbonyl (C=O) groups is 1. The lowest BCUT2D eigenvalue weighted by atomic mass is 9.72. The number of amides is 1. The topological polar surface area (TPSA) is 32.3 Å². The van der Waals surface area contributed by atoms with E-state index in [1.165, 1.54) is 22.3 Å². The molecule has 2 aliphatic rings. The van der Waals surface area contributed by atoms with Crippen molar-refractivity contribution in [3.05, 3.63) is 144 Å². The molecule has 186 valence electrons. The van der Waals surface area contributed by atoms with E-state index in [0.717, 1.165) is 38.8 Å². The van der Waals surface area contributed by atoms with Crippen LogP contribution in [0.1, 0.15) is 47.9 Å². The van der Waals surface area contributed by atoms with Crippen LogP contribution in [0.15, 0.2) is 121 Å². The van der Waals surface area contributed by atoms with Gasteiger partial charge in [0.2, 0.25) is 5.91 Å². The zero-order valence-electron chi connectivity index (χ0n) is 21.2. The number of hydrogen-bond acceptors (Lipinski definition) is 2. The molecule has 0 spiro atoms. The molecule has 37 heavy (non-hydrogen) atoms. The molecule has 1 saturated heterocycles. The van der Waals surface area contributed by atoms with Crippen molar-refractivity contribution in [1.29, 1.82) is 0 Å². The van der Waals surface area contributed by atoms with Gasteiger partial charge in [0.15, 0.2) is 0 Å². The third-order valence-corrected chi connectivity index (χ3v) is 8.30. The highest BCUT2D eigenvalue weighted by Gasteiger charge is 2.48. The van der Waals surface area contributed by atoms with Crippen LogP contribution in [0.3, 0.4) is 0 Å². The van der Waals surface area contributed by atoms with E-state index < -0.39 is 5.54 Å². The SMILES string of the molecule is O=C(NC1(c2ccccc2)CCN(C(c2ccccc2)(c2ccccc2)c2ccccc2)CC1)C1CC1. The molecule has 0 aromatic heterocycles. The summed E-state index contributed by atoms with van der Waals surface area (Å²) in [5, 5.41) is 3.54. The van der Waals surface area contributed by atoms with E-state index in [-0.39, 0.29) is 17.4 Å². The molecule has 2 fully saturated rings. The highest BCUT2D eigenvalue weighted by atomic mass is 16.2. The standard InChI is InChI=1S/C34H34N2O/c37-32(27-21-22-27)35-33(28-13-5-1-6-14-28)23-25-36(26-24-33)34(29-15-7-2-8-16-29,30-17-9-3-10-18-30)31-19-11-4-12-20-31/h1-20,27H,21-26H2,(H,35,37). The molecule has 1 aliphatic heterocycles. The summed E-state index contributed by atoms with van der Waals surface area (Å²) in [5.41, 5.74) is 4.25. The molecule has 0 bridgehead atoms. The lowest BCUT2D eigenvalue weighted by Gasteiger charge is -2.51. The van der Waals surface area contributed by atoms with Gasteiger partial charge in [0.25, 0.3) is 0 Å². The van der Waals surface area contributed by atoms with Crippen molar-refractivity contribution in [2.75, 3.05) is 13.1 Å². The lowest BCUT2D eigenvalue weighted by Crippen LogP contribution is -2.58. The Morgan fingerprint density at radius 1 is 0.649 bits per heavy atom. The number of piperidine rings is 1. The first-order valence-corrected chi connectivity index (χ1v) is 13.5. The molecule has 0 unspecified atom stereocenters. The Morgan fingerprint density at radius 3 is 1.46 bits per heavy atom. The molecule has 6 rings (SSSR count). The van der Waals surface area contributed by atoms with Crippen molar-refractivity contribution >= 4 is 5.91 Å². The highest BCUT2D eigenvalue weighted by Crippen LogP contribution is 2.46. The molecule has 0 radical (unpaired) electrons. The van der Waals surface area contributed by atoms with Gasteiger partial charge in [-0.1, -0.05) is 121 Å². The molecule has 1 heterocycles. The third-order valence-electron chi connectivity index (χ3n) is 8.30. The smallest absolute Gasteiger partial charge is 0.223 e. The first-order valence-electron chi connectivity index (χ1n) is 13.5. The Balaban J connectivity index is 1.44. The first kappa shape index (κ1) is 23.7. The van der Waals surface area contributed by atoms with Crippen molar-refractivity contribution in [3.63, 3.8) is 0 Å². The monoisotopic (exact) mass is 486 g/mol. The minimum Gasteiger partial charge on any atom is -0.346 e. The number of benzene rings is 4. The predicted molar refractivity (Wildman–Crippen MR) is 149 cm³/mol. The van der Waals surface area contributed by atoms with Gasteiger partial charge in [0.1, 0.15) is 0 Å². The summed E-state index contributed by atoms with van der Waals surface area (Å²) in [7, 11) is 0. The fourth-order valence-corrected chi connectivity index (χ4v) is 6.24. The maximum atomic E-state index is 13.1. The van der Waals surface area contributed by atoms with Crippen molar-refractivity contribution in [2.24, 2.45) is 5.92 Å². The molecule has 3 nitrogen and oxygen atoms in total. The van der Waals surface area contributed by atoms with Gasteiger partial charge in [-0.25, -0.2) is 0 Å². The Morgan fingerprint density at radius 2 is 1.05 bits per heavy atom. The summed E-state index contributed by atoms with van der Waals surface area (Å²) in [4.78, 5) is 15.7. The average Bonchev–Trinajstić information content (AvgIpc) is 3.83. The van der Waals surface area contributed by atoms with Gasteiger partial charge in [0.05, 0.1) is 11.1 Å². The minimum absolute atomic E-state index is 0.190. The molecule has 1 amide bonds. The van der Waals surface area contributed by atoms with Crippen LogP contribution in [-0.4, -0.2) is 23.9 Å². The predicted octanol–water partition coefficient (Wildman–Crippen LogP) is 6.50. The fourth-order valence-electron chi connectivity index (χ4n) is 6.24. The number of likely N-dealkylation sites (tertiary alicyclic amines) is 1. The van der Waals surface area contributed by atoms with E-state index >= 15 is 0 Å². The van der Waals surface area contributed by atoms with Gasteiger partial charge in [0, 0.05) is 19.0 Å². The number of hydrogen-bond donors (Lipinski definition) is 1. The normalized spacial score (nSPS) is 17.7. The summed E-state index contributed by atoms with van der Waals surface area (Å²) >= 11 is 0. The maximum Gasteiger partial charge on any atom is 0.223 e. The molecule has 3 heteroatoms. The van der Waals surface area contributed by atoms with Gasteiger partial charge < -0.3 is 5.32 Å². The van der Waals surface area contributed by atoms with Crippen LogP contribution in [0.2, 0.25) is 0 Å². The van der Waals surface area contributed by atoms with Crippen LogP contribution >= 0.6 is 0 Å². The Bertz CT molecular complexity index is 1210. The van der Waals surface area contributed by atoms with E-state index in [2.05, 4.69) is 132 Å². The van der Waals surface area contributed by atoms with Crippen molar-refractivity contribution in [2.45, 2.75) is 36.8 Å². The zero-order chi connectivity index (χ0) is 25.1. The fraction of sp³-hybridized carbons (Fsp3) is 0.265. The molecule has 4 aromatic carbocycles. The Hall–Kier alpha value is -3.69. The molecule has 1 N–H and O–H groups in total. The number of nitrogens with zero attached hydrogens (tertiary/aromatic N) is 1. The van der Waals surface area contributed by atoms with Gasteiger partial charge in [-0.3, -0.25) is 9.69 Å². The second kappa shape index (κ2) is 9.99. The van der Waals surface area contributed by atoms with Crippen molar-refractivity contribution < 1.29 is 4.79 Å². The van der Waals surface area contributed by atoms with E-state index in [4.69, 9.17) is 0 Å². The molecule has 4 aromatic rings. The minimum atomic E-state index is -0.423. The lowest BCUT2D eigenvalue weighted by molar-refractivity contribution is -0.125. The van der Waals surface area contributed by atoms with Gasteiger partial charge in [-0.05, 0) is 47.9 Å². The van der Waals surface area contributed by atoms with Crippen LogP contribution in [0.5, 0.6) is 0 Å². The quantitative estimate of drug-likeness (QED) is 0.303. The molecule has 1 aliphatic carbocycles.